The van der Waals surface area contributed by atoms with Gasteiger partial charge in [0.05, 0.1) is 6.20 Å². The molecule has 2 N–H and O–H groups in total. The Morgan fingerprint density at radius 1 is 1.32 bits per heavy atom. The lowest BCUT2D eigenvalue weighted by atomic mass is 10.2. The topological polar surface area (TPSA) is 86.3 Å². The van der Waals surface area contributed by atoms with Crippen molar-refractivity contribution in [2.45, 2.75) is 6.42 Å². The molecule has 2 heterocycles. The molecule has 0 saturated carbocycles. The van der Waals surface area contributed by atoms with Gasteiger partial charge < -0.3 is 10.0 Å². The molecule has 1 aliphatic heterocycles. The summed E-state index contributed by atoms with van der Waals surface area (Å²) in [6, 6.07) is 7.60. The molecule has 1 aromatic carbocycles. The minimum absolute atomic E-state index is 0.0178. The number of hydrogen-bond acceptors (Lipinski definition) is 3. The number of hydrogen-bond donors (Lipinski definition) is 2. The fourth-order valence-electron chi connectivity index (χ4n) is 2.30. The number of fused-ring (bicyclic) bond motifs is 1. The van der Waals surface area contributed by atoms with Gasteiger partial charge in [-0.3, -0.25) is 9.89 Å². The predicted octanol–water partition coefficient (Wildman–Crippen LogP) is 1.31. The average Bonchev–Trinajstić information content (AvgIpc) is 3.05. The molecule has 0 saturated heterocycles. The van der Waals surface area contributed by atoms with Crippen molar-refractivity contribution >= 4 is 17.6 Å². The summed E-state index contributed by atoms with van der Waals surface area (Å²) in [6.07, 6.45) is 1.93. The van der Waals surface area contributed by atoms with Crippen LogP contribution in [0.3, 0.4) is 0 Å². The molecule has 0 fully saturated rings. The minimum atomic E-state index is -1.16. The molecule has 1 aliphatic rings. The van der Waals surface area contributed by atoms with Crippen LogP contribution in [-0.4, -0.2) is 33.7 Å². The van der Waals surface area contributed by atoms with Crippen LogP contribution in [0.4, 0.5) is 5.69 Å². The van der Waals surface area contributed by atoms with Crippen LogP contribution in [0.1, 0.15) is 26.4 Å². The molecule has 2 aromatic rings. The van der Waals surface area contributed by atoms with Crippen molar-refractivity contribution in [1.82, 2.24) is 10.2 Å². The Morgan fingerprint density at radius 3 is 2.89 bits per heavy atom. The van der Waals surface area contributed by atoms with E-state index in [4.69, 9.17) is 5.11 Å². The number of amides is 1. The molecule has 0 unspecified atom stereocenters. The molecule has 96 valence electrons. The van der Waals surface area contributed by atoms with Crippen molar-refractivity contribution < 1.29 is 14.7 Å². The highest BCUT2D eigenvalue weighted by atomic mass is 16.4. The van der Waals surface area contributed by atoms with Gasteiger partial charge in [0.25, 0.3) is 5.91 Å². The summed E-state index contributed by atoms with van der Waals surface area (Å²) in [5.74, 6) is -1.52. The number of aromatic carboxylic acids is 1. The Balaban J connectivity index is 1.98. The highest BCUT2D eigenvalue weighted by Crippen LogP contribution is 2.28. The second-order valence-electron chi connectivity index (χ2n) is 4.30. The van der Waals surface area contributed by atoms with E-state index in [2.05, 4.69) is 10.2 Å². The number of aromatic amines is 1. The van der Waals surface area contributed by atoms with Crippen molar-refractivity contribution in [3.63, 3.8) is 0 Å². The molecule has 6 heteroatoms. The average molecular weight is 257 g/mol. The molecule has 1 aromatic heterocycles. The van der Waals surface area contributed by atoms with Gasteiger partial charge in [-0.05, 0) is 18.1 Å². The molecule has 0 radical (unpaired) electrons. The number of aromatic nitrogens is 2. The smallest absolute Gasteiger partial charge is 0.339 e. The van der Waals surface area contributed by atoms with E-state index in [1.807, 2.05) is 24.3 Å². The van der Waals surface area contributed by atoms with Crippen molar-refractivity contribution in [3.05, 3.63) is 47.3 Å². The Hall–Kier alpha value is -2.63. The van der Waals surface area contributed by atoms with E-state index in [0.717, 1.165) is 23.9 Å². The van der Waals surface area contributed by atoms with Crippen molar-refractivity contribution in [2.75, 3.05) is 11.4 Å². The SMILES string of the molecule is O=C(O)c1cn[nH]c1C(=O)N1CCc2ccccc21. The summed E-state index contributed by atoms with van der Waals surface area (Å²) in [5, 5.41) is 15.1. The number of carbonyl (C=O) groups is 2. The zero-order valence-electron chi connectivity index (χ0n) is 9.96. The summed E-state index contributed by atoms with van der Waals surface area (Å²) < 4.78 is 0. The maximum absolute atomic E-state index is 12.4. The molecule has 3 rings (SSSR count). The molecular formula is C13H11N3O3. The Morgan fingerprint density at radius 2 is 2.11 bits per heavy atom. The number of benzene rings is 1. The van der Waals surface area contributed by atoms with E-state index < -0.39 is 5.97 Å². The molecule has 0 aliphatic carbocycles. The number of carbonyl (C=O) groups excluding carboxylic acids is 1. The maximum Gasteiger partial charge on any atom is 0.339 e. The second kappa shape index (κ2) is 4.24. The molecule has 0 spiro atoms. The number of carboxylic acids is 1. The van der Waals surface area contributed by atoms with Gasteiger partial charge in [0, 0.05) is 12.2 Å². The first-order valence-electron chi connectivity index (χ1n) is 5.85. The Kier molecular flexibility index (Phi) is 2.56. The van der Waals surface area contributed by atoms with Crippen LogP contribution in [0.2, 0.25) is 0 Å². The van der Waals surface area contributed by atoms with E-state index in [9.17, 15) is 9.59 Å². The van der Waals surface area contributed by atoms with E-state index in [-0.39, 0.29) is 17.2 Å². The van der Waals surface area contributed by atoms with Crippen molar-refractivity contribution in [2.24, 2.45) is 0 Å². The third-order valence-corrected chi connectivity index (χ3v) is 3.22. The third-order valence-electron chi connectivity index (χ3n) is 3.22. The quantitative estimate of drug-likeness (QED) is 0.849. The lowest BCUT2D eigenvalue weighted by Crippen LogP contribution is -2.30. The van der Waals surface area contributed by atoms with E-state index in [1.165, 1.54) is 0 Å². The van der Waals surface area contributed by atoms with Crippen LogP contribution in [0, 0.1) is 0 Å². The second-order valence-corrected chi connectivity index (χ2v) is 4.30. The molecule has 0 bridgehead atoms. The zero-order valence-corrected chi connectivity index (χ0v) is 9.96. The van der Waals surface area contributed by atoms with Gasteiger partial charge in [-0.15, -0.1) is 0 Å². The van der Waals surface area contributed by atoms with Crippen LogP contribution in [-0.2, 0) is 6.42 Å². The number of carboxylic acid groups (broad SMARTS) is 1. The fraction of sp³-hybridized carbons (Fsp3) is 0.154. The Bertz CT molecular complexity index is 663. The third kappa shape index (κ3) is 1.77. The standard InChI is InChI=1S/C13H11N3O3/c17-12(11-9(13(18)19)7-14-15-11)16-6-5-8-3-1-2-4-10(8)16/h1-4,7H,5-6H2,(H,14,15)(H,18,19). The lowest BCUT2D eigenvalue weighted by Gasteiger charge is -2.16. The largest absolute Gasteiger partial charge is 0.478 e. The molecular weight excluding hydrogens is 246 g/mol. The summed E-state index contributed by atoms with van der Waals surface area (Å²) >= 11 is 0. The number of nitrogens with zero attached hydrogens (tertiary/aromatic N) is 2. The Labute approximate surface area is 108 Å². The molecule has 6 nitrogen and oxygen atoms in total. The molecule has 1 amide bonds. The first kappa shape index (κ1) is 11.5. The summed E-state index contributed by atoms with van der Waals surface area (Å²) in [7, 11) is 0. The van der Waals surface area contributed by atoms with Gasteiger partial charge in [0.2, 0.25) is 0 Å². The van der Waals surface area contributed by atoms with Crippen LogP contribution in [0.5, 0.6) is 0 Å². The van der Waals surface area contributed by atoms with Gasteiger partial charge in [-0.1, -0.05) is 18.2 Å². The summed E-state index contributed by atoms with van der Waals surface area (Å²) in [4.78, 5) is 25.0. The zero-order chi connectivity index (χ0) is 13.4. The monoisotopic (exact) mass is 257 g/mol. The maximum atomic E-state index is 12.4. The number of nitrogens with one attached hydrogen (secondary N) is 1. The molecule has 19 heavy (non-hydrogen) atoms. The van der Waals surface area contributed by atoms with Crippen molar-refractivity contribution in [1.29, 1.82) is 0 Å². The lowest BCUT2D eigenvalue weighted by molar-refractivity contribution is 0.0692. The first-order valence-corrected chi connectivity index (χ1v) is 5.85. The number of anilines is 1. The normalized spacial score (nSPS) is 13.4. The van der Waals surface area contributed by atoms with E-state index in [0.29, 0.717) is 6.54 Å². The van der Waals surface area contributed by atoms with Crippen LogP contribution >= 0.6 is 0 Å². The van der Waals surface area contributed by atoms with Crippen LogP contribution in [0.15, 0.2) is 30.5 Å². The van der Waals surface area contributed by atoms with Gasteiger partial charge >= 0.3 is 5.97 Å². The highest BCUT2D eigenvalue weighted by molar-refractivity contribution is 6.11. The van der Waals surface area contributed by atoms with E-state index in [1.54, 1.807) is 4.90 Å². The summed E-state index contributed by atoms with van der Waals surface area (Å²) in [6.45, 7) is 0.552. The van der Waals surface area contributed by atoms with Gasteiger partial charge in [0.15, 0.2) is 0 Å². The van der Waals surface area contributed by atoms with Gasteiger partial charge in [-0.25, -0.2) is 4.79 Å². The predicted molar refractivity (Wildman–Crippen MR) is 67.4 cm³/mol. The highest BCUT2D eigenvalue weighted by Gasteiger charge is 2.29. The molecule has 0 atom stereocenters. The first-order chi connectivity index (χ1) is 9.18. The number of para-hydroxylation sites is 1. The van der Waals surface area contributed by atoms with Crippen LogP contribution in [0.25, 0.3) is 0 Å². The van der Waals surface area contributed by atoms with E-state index >= 15 is 0 Å². The van der Waals surface area contributed by atoms with Gasteiger partial charge in [0.1, 0.15) is 11.3 Å². The fourth-order valence-corrected chi connectivity index (χ4v) is 2.30. The minimum Gasteiger partial charge on any atom is -0.478 e. The van der Waals surface area contributed by atoms with Crippen molar-refractivity contribution in [3.8, 4) is 0 Å². The number of rotatable bonds is 2. The van der Waals surface area contributed by atoms with Gasteiger partial charge in [-0.2, -0.15) is 5.10 Å². The number of H-pyrrole nitrogens is 1. The summed E-state index contributed by atoms with van der Waals surface area (Å²) in [5.41, 5.74) is 1.84. The van der Waals surface area contributed by atoms with Crippen LogP contribution < -0.4 is 4.90 Å².